The van der Waals surface area contributed by atoms with Crippen molar-refractivity contribution in [3.8, 4) is 5.69 Å². The summed E-state index contributed by atoms with van der Waals surface area (Å²) in [6.45, 7) is 0. The van der Waals surface area contributed by atoms with E-state index in [1.165, 1.54) is 0 Å². The molecule has 5 heteroatoms. The molecular formula is C10H7BrCl2N2. The lowest BCUT2D eigenvalue weighted by Gasteiger charge is -2.05. The largest absolute Gasteiger partial charge is 0.238 e. The Morgan fingerprint density at radius 3 is 2.73 bits per heavy atom. The fraction of sp³-hybridized carbons (Fsp3) is 0.100. The van der Waals surface area contributed by atoms with Crippen LogP contribution in [0.5, 0.6) is 0 Å². The molecule has 0 atom stereocenters. The van der Waals surface area contributed by atoms with E-state index in [1.807, 2.05) is 18.2 Å². The zero-order chi connectivity index (χ0) is 10.8. The van der Waals surface area contributed by atoms with Gasteiger partial charge in [-0.2, -0.15) is 5.10 Å². The number of benzene rings is 1. The van der Waals surface area contributed by atoms with Gasteiger partial charge in [0.15, 0.2) is 0 Å². The van der Waals surface area contributed by atoms with Gasteiger partial charge < -0.3 is 0 Å². The first-order valence-corrected chi connectivity index (χ1v) is 5.96. The first-order valence-electron chi connectivity index (χ1n) is 4.25. The Hall–Kier alpha value is -0.510. The van der Waals surface area contributed by atoms with E-state index in [1.54, 1.807) is 17.1 Å². The van der Waals surface area contributed by atoms with Crippen LogP contribution in [0.1, 0.15) is 5.56 Å². The molecule has 15 heavy (non-hydrogen) atoms. The lowest BCUT2D eigenvalue weighted by molar-refractivity contribution is 0.875. The molecule has 0 amide bonds. The summed E-state index contributed by atoms with van der Waals surface area (Å²) in [5.74, 6) is 0.499. The second-order valence-electron chi connectivity index (χ2n) is 3.02. The normalized spacial score (nSPS) is 10.6. The maximum Gasteiger partial charge on any atom is 0.0790 e. The van der Waals surface area contributed by atoms with Crippen molar-refractivity contribution >= 4 is 39.1 Å². The van der Waals surface area contributed by atoms with Crippen molar-refractivity contribution in [1.29, 1.82) is 0 Å². The zero-order valence-electron chi connectivity index (χ0n) is 7.62. The Morgan fingerprint density at radius 1 is 1.40 bits per heavy atom. The number of hydrogen-bond donors (Lipinski definition) is 0. The highest BCUT2D eigenvalue weighted by Gasteiger charge is 2.04. The van der Waals surface area contributed by atoms with Crippen molar-refractivity contribution in [1.82, 2.24) is 9.78 Å². The Morgan fingerprint density at radius 2 is 2.20 bits per heavy atom. The van der Waals surface area contributed by atoms with Gasteiger partial charge in [0.05, 0.1) is 16.9 Å². The van der Waals surface area contributed by atoms with Gasteiger partial charge in [-0.1, -0.05) is 17.7 Å². The van der Waals surface area contributed by atoms with E-state index in [0.29, 0.717) is 10.9 Å². The van der Waals surface area contributed by atoms with Gasteiger partial charge in [-0.3, -0.25) is 0 Å². The van der Waals surface area contributed by atoms with Crippen LogP contribution in [0.2, 0.25) is 5.02 Å². The van der Waals surface area contributed by atoms with Gasteiger partial charge in [0.1, 0.15) is 0 Å². The monoisotopic (exact) mass is 304 g/mol. The number of nitrogens with zero attached hydrogens (tertiary/aromatic N) is 2. The third-order valence-corrected chi connectivity index (χ3v) is 3.10. The van der Waals surface area contributed by atoms with Crippen LogP contribution in [0.4, 0.5) is 0 Å². The molecule has 2 aromatic rings. The highest BCUT2D eigenvalue weighted by atomic mass is 79.9. The first kappa shape index (κ1) is 11.0. The molecule has 1 aromatic carbocycles. The maximum absolute atomic E-state index is 5.80. The van der Waals surface area contributed by atoms with Crippen molar-refractivity contribution in [3.63, 3.8) is 0 Å². The lowest BCUT2D eigenvalue weighted by Crippen LogP contribution is -1.95. The zero-order valence-corrected chi connectivity index (χ0v) is 10.7. The third kappa shape index (κ3) is 2.36. The van der Waals surface area contributed by atoms with E-state index >= 15 is 0 Å². The first-order chi connectivity index (χ1) is 7.20. The molecule has 2 rings (SSSR count). The van der Waals surface area contributed by atoms with E-state index in [0.717, 1.165) is 15.7 Å². The highest BCUT2D eigenvalue weighted by Crippen LogP contribution is 2.23. The summed E-state index contributed by atoms with van der Waals surface area (Å²) in [7, 11) is 0. The summed E-state index contributed by atoms with van der Waals surface area (Å²) in [6, 6.07) is 5.88. The second kappa shape index (κ2) is 4.56. The van der Waals surface area contributed by atoms with Crippen LogP contribution in [0.3, 0.4) is 0 Å². The predicted octanol–water partition coefficient (Wildman–Crippen LogP) is 4.03. The summed E-state index contributed by atoms with van der Waals surface area (Å²) >= 11 is 15.0. The van der Waals surface area contributed by atoms with E-state index in [2.05, 4.69) is 21.0 Å². The van der Waals surface area contributed by atoms with Crippen LogP contribution in [-0.4, -0.2) is 9.78 Å². The van der Waals surface area contributed by atoms with Crippen LogP contribution >= 0.6 is 39.1 Å². The minimum atomic E-state index is 0.499. The molecule has 0 bridgehead atoms. The molecule has 0 fully saturated rings. The molecule has 0 aliphatic heterocycles. The summed E-state index contributed by atoms with van der Waals surface area (Å²) in [6.07, 6.45) is 3.35. The average molecular weight is 306 g/mol. The molecule has 0 radical (unpaired) electrons. The van der Waals surface area contributed by atoms with E-state index in [-0.39, 0.29) is 0 Å². The van der Waals surface area contributed by atoms with Gasteiger partial charge in [-0.05, 0) is 33.6 Å². The quantitative estimate of drug-likeness (QED) is 0.766. The molecule has 0 aliphatic rings. The molecule has 0 spiro atoms. The number of rotatable bonds is 2. The van der Waals surface area contributed by atoms with E-state index < -0.39 is 0 Å². The molecular weight excluding hydrogens is 299 g/mol. The van der Waals surface area contributed by atoms with Gasteiger partial charge in [-0.25, -0.2) is 4.68 Å². The van der Waals surface area contributed by atoms with Crippen LogP contribution < -0.4 is 0 Å². The Bertz CT molecular complexity index is 482. The maximum atomic E-state index is 5.80. The SMILES string of the molecule is ClCc1ccc(-n2cc(Cl)cn2)c(Br)c1. The Kier molecular flexibility index (Phi) is 3.34. The van der Waals surface area contributed by atoms with Crippen LogP contribution in [0, 0.1) is 0 Å². The molecule has 0 saturated heterocycles. The molecule has 0 unspecified atom stereocenters. The lowest BCUT2D eigenvalue weighted by atomic mass is 10.2. The molecule has 1 aromatic heterocycles. The molecule has 0 N–H and O–H groups in total. The summed E-state index contributed by atoms with van der Waals surface area (Å²) in [5.41, 5.74) is 2.00. The summed E-state index contributed by atoms with van der Waals surface area (Å²) in [5, 5.41) is 4.74. The Balaban J connectivity index is 2.45. The predicted molar refractivity (Wildman–Crippen MR) is 65.8 cm³/mol. The molecule has 78 valence electrons. The number of aromatic nitrogens is 2. The fourth-order valence-corrected chi connectivity index (χ4v) is 2.16. The smallest absolute Gasteiger partial charge is 0.0790 e. The Labute approximate surface area is 106 Å². The average Bonchev–Trinajstić information content (AvgIpc) is 2.64. The number of halogens is 3. The number of alkyl halides is 1. The minimum Gasteiger partial charge on any atom is -0.238 e. The highest BCUT2D eigenvalue weighted by molar-refractivity contribution is 9.10. The van der Waals surface area contributed by atoms with Crippen LogP contribution in [0.15, 0.2) is 35.1 Å². The molecule has 0 aliphatic carbocycles. The van der Waals surface area contributed by atoms with Gasteiger partial charge in [0.2, 0.25) is 0 Å². The van der Waals surface area contributed by atoms with Crippen molar-refractivity contribution in [2.45, 2.75) is 5.88 Å². The van der Waals surface area contributed by atoms with E-state index in [9.17, 15) is 0 Å². The van der Waals surface area contributed by atoms with Gasteiger partial charge in [-0.15, -0.1) is 11.6 Å². The van der Waals surface area contributed by atoms with Crippen molar-refractivity contribution in [2.75, 3.05) is 0 Å². The molecule has 1 heterocycles. The van der Waals surface area contributed by atoms with Crippen molar-refractivity contribution in [3.05, 3.63) is 45.7 Å². The molecule has 2 nitrogen and oxygen atoms in total. The van der Waals surface area contributed by atoms with Crippen molar-refractivity contribution < 1.29 is 0 Å². The van der Waals surface area contributed by atoms with Gasteiger partial charge in [0.25, 0.3) is 0 Å². The van der Waals surface area contributed by atoms with Crippen LogP contribution in [0.25, 0.3) is 5.69 Å². The second-order valence-corrected chi connectivity index (χ2v) is 4.58. The summed E-state index contributed by atoms with van der Waals surface area (Å²) < 4.78 is 2.66. The third-order valence-electron chi connectivity index (χ3n) is 1.96. The molecule has 0 saturated carbocycles. The standard InChI is InChI=1S/C10H7BrCl2N2/c11-9-3-7(4-12)1-2-10(9)15-6-8(13)5-14-15/h1-3,5-6H,4H2. The van der Waals surface area contributed by atoms with Crippen LogP contribution in [-0.2, 0) is 5.88 Å². The van der Waals surface area contributed by atoms with Gasteiger partial charge in [0, 0.05) is 16.5 Å². The van der Waals surface area contributed by atoms with Crippen molar-refractivity contribution in [2.24, 2.45) is 0 Å². The topological polar surface area (TPSA) is 17.8 Å². The number of hydrogen-bond acceptors (Lipinski definition) is 1. The summed E-state index contributed by atoms with van der Waals surface area (Å²) in [4.78, 5) is 0. The van der Waals surface area contributed by atoms with E-state index in [4.69, 9.17) is 23.2 Å². The minimum absolute atomic E-state index is 0.499. The van der Waals surface area contributed by atoms with Gasteiger partial charge >= 0.3 is 0 Å². The fourth-order valence-electron chi connectivity index (χ4n) is 1.25.